The highest BCUT2D eigenvalue weighted by molar-refractivity contribution is 6.35. The van der Waals surface area contributed by atoms with Crippen molar-refractivity contribution in [2.45, 2.75) is 39.3 Å². The van der Waals surface area contributed by atoms with Crippen LogP contribution >= 0.6 is 23.2 Å². The largest absolute Gasteiger partial charge is 0.392 e. The third-order valence-electron chi connectivity index (χ3n) is 3.75. The van der Waals surface area contributed by atoms with E-state index in [-0.39, 0.29) is 18.2 Å². The molecule has 1 heterocycles. The van der Waals surface area contributed by atoms with Gasteiger partial charge in [0, 0.05) is 23.1 Å². The van der Waals surface area contributed by atoms with E-state index in [0.29, 0.717) is 23.1 Å². The number of carbonyl (C=O) groups is 1. The third-order valence-corrected chi connectivity index (χ3v) is 4.31. The van der Waals surface area contributed by atoms with E-state index in [9.17, 15) is 9.90 Å². The van der Waals surface area contributed by atoms with E-state index in [0.717, 1.165) is 17.5 Å². The van der Waals surface area contributed by atoms with Crippen LogP contribution in [0.5, 0.6) is 0 Å². The summed E-state index contributed by atoms with van der Waals surface area (Å²) in [6, 6.07) is 3.60. The van der Waals surface area contributed by atoms with Crippen molar-refractivity contribution in [2.75, 3.05) is 6.54 Å². The number of rotatable bonds is 3. The molecule has 0 fully saturated rings. The summed E-state index contributed by atoms with van der Waals surface area (Å²) in [5.41, 5.74) is 2.07. The van der Waals surface area contributed by atoms with Gasteiger partial charge in [-0.3, -0.25) is 4.79 Å². The molecule has 1 N–H and O–H groups in total. The summed E-state index contributed by atoms with van der Waals surface area (Å²) in [6.45, 7) is 4.96. The zero-order valence-electron chi connectivity index (χ0n) is 11.7. The number of aliphatic hydroxyl groups is 1. The van der Waals surface area contributed by atoms with Crippen LogP contribution in [0.15, 0.2) is 12.1 Å². The Kier molecular flexibility index (Phi) is 4.95. The van der Waals surface area contributed by atoms with Crippen molar-refractivity contribution in [3.63, 3.8) is 0 Å². The average Bonchev–Trinajstić information content (AvgIpc) is 2.37. The molecule has 1 atom stereocenters. The highest BCUT2D eigenvalue weighted by Crippen LogP contribution is 2.30. The second-order valence-corrected chi connectivity index (χ2v) is 6.45. The summed E-state index contributed by atoms with van der Waals surface area (Å²) in [5.74, 6) is 0.0628. The van der Waals surface area contributed by atoms with Gasteiger partial charge in [0.2, 0.25) is 5.91 Å². The average molecular weight is 316 g/mol. The first-order valence-corrected chi connectivity index (χ1v) is 7.56. The fourth-order valence-electron chi connectivity index (χ4n) is 2.37. The molecule has 0 bridgehead atoms. The zero-order valence-corrected chi connectivity index (χ0v) is 13.2. The lowest BCUT2D eigenvalue weighted by Crippen LogP contribution is -2.38. The number of aliphatic hydroxyl groups excluding tert-OH is 1. The minimum absolute atomic E-state index is 0.0204. The van der Waals surface area contributed by atoms with Crippen molar-refractivity contribution in [2.24, 2.45) is 5.92 Å². The monoisotopic (exact) mass is 315 g/mol. The summed E-state index contributed by atoms with van der Waals surface area (Å²) in [5, 5.41) is 11.1. The third kappa shape index (κ3) is 3.46. The first-order valence-electron chi connectivity index (χ1n) is 6.81. The topological polar surface area (TPSA) is 40.5 Å². The van der Waals surface area contributed by atoms with Crippen molar-refractivity contribution in [3.05, 3.63) is 33.3 Å². The van der Waals surface area contributed by atoms with Gasteiger partial charge in [0.05, 0.1) is 12.5 Å². The number of hydrogen-bond acceptors (Lipinski definition) is 2. The molecule has 1 aromatic carbocycles. The van der Waals surface area contributed by atoms with Crippen LogP contribution in [-0.4, -0.2) is 28.6 Å². The lowest BCUT2D eigenvalue weighted by molar-refractivity contribution is -0.134. The highest BCUT2D eigenvalue weighted by Gasteiger charge is 2.25. The summed E-state index contributed by atoms with van der Waals surface area (Å²) in [7, 11) is 0. The van der Waals surface area contributed by atoms with E-state index in [4.69, 9.17) is 23.2 Å². The van der Waals surface area contributed by atoms with Gasteiger partial charge in [-0.15, -0.1) is 0 Å². The maximum Gasteiger partial charge on any atom is 0.225 e. The molecule has 1 amide bonds. The molecule has 0 saturated heterocycles. The van der Waals surface area contributed by atoms with Crippen molar-refractivity contribution in [3.8, 4) is 0 Å². The van der Waals surface area contributed by atoms with Gasteiger partial charge in [0.1, 0.15) is 0 Å². The van der Waals surface area contributed by atoms with Crippen LogP contribution in [0.3, 0.4) is 0 Å². The predicted molar refractivity (Wildman–Crippen MR) is 81.0 cm³/mol. The smallest absolute Gasteiger partial charge is 0.225 e. The number of amides is 1. The van der Waals surface area contributed by atoms with Gasteiger partial charge in [0.25, 0.3) is 0 Å². The van der Waals surface area contributed by atoms with Crippen LogP contribution in [0.25, 0.3) is 0 Å². The Bertz CT molecular complexity index is 517. The molecule has 1 unspecified atom stereocenters. The number of benzene rings is 1. The van der Waals surface area contributed by atoms with E-state index in [2.05, 4.69) is 0 Å². The molecular weight excluding hydrogens is 297 g/mol. The summed E-state index contributed by atoms with van der Waals surface area (Å²) in [6.07, 6.45) is 0.308. The predicted octanol–water partition coefficient (Wildman–Crippen LogP) is 3.29. The highest BCUT2D eigenvalue weighted by atomic mass is 35.5. The second-order valence-electron chi connectivity index (χ2n) is 5.61. The van der Waals surface area contributed by atoms with Crippen LogP contribution in [0.1, 0.15) is 31.4 Å². The SMILES string of the molecule is CC(C)C(O)CC(=O)N1CCc2c(Cl)cc(Cl)cc2C1. The summed E-state index contributed by atoms with van der Waals surface area (Å²) >= 11 is 12.2. The van der Waals surface area contributed by atoms with Crippen LogP contribution < -0.4 is 0 Å². The standard InChI is InChI=1S/C15H19Cl2NO2/c1-9(2)14(19)7-15(20)18-4-3-12-10(8-18)5-11(16)6-13(12)17/h5-6,9,14,19H,3-4,7-8H2,1-2H3. The zero-order chi connectivity index (χ0) is 14.9. The molecule has 0 radical (unpaired) electrons. The van der Waals surface area contributed by atoms with E-state index in [1.54, 1.807) is 11.0 Å². The van der Waals surface area contributed by atoms with Gasteiger partial charge in [-0.25, -0.2) is 0 Å². The minimum Gasteiger partial charge on any atom is -0.392 e. The molecule has 110 valence electrons. The van der Waals surface area contributed by atoms with Gasteiger partial charge >= 0.3 is 0 Å². The Labute approximate surface area is 129 Å². The van der Waals surface area contributed by atoms with Gasteiger partial charge in [-0.1, -0.05) is 37.0 Å². The number of hydrogen-bond donors (Lipinski definition) is 1. The molecule has 1 aliphatic rings. The lowest BCUT2D eigenvalue weighted by Gasteiger charge is -2.30. The first kappa shape index (κ1) is 15.6. The molecule has 5 heteroatoms. The second kappa shape index (κ2) is 6.33. The molecule has 1 aliphatic heterocycles. The Morgan fingerprint density at radius 3 is 2.75 bits per heavy atom. The molecule has 0 spiro atoms. The Hall–Kier alpha value is -0.770. The van der Waals surface area contributed by atoms with E-state index >= 15 is 0 Å². The first-order chi connectivity index (χ1) is 9.38. The number of nitrogens with zero attached hydrogens (tertiary/aromatic N) is 1. The lowest BCUT2D eigenvalue weighted by atomic mass is 9.98. The van der Waals surface area contributed by atoms with E-state index in [1.165, 1.54) is 0 Å². The number of halogens is 2. The fraction of sp³-hybridized carbons (Fsp3) is 0.533. The van der Waals surface area contributed by atoms with Crippen LogP contribution in [0.4, 0.5) is 0 Å². The molecule has 2 rings (SSSR count). The van der Waals surface area contributed by atoms with E-state index in [1.807, 2.05) is 19.9 Å². The number of fused-ring (bicyclic) bond motifs is 1. The van der Waals surface area contributed by atoms with Gasteiger partial charge < -0.3 is 10.0 Å². The van der Waals surface area contributed by atoms with Crippen LogP contribution in [-0.2, 0) is 17.8 Å². The maximum absolute atomic E-state index is 12.2. The molecular formula is C15H19Cl2NO2. The molecule has 0 saturated carbocycles. The molecule has 3 nitrogen and oxygen atoms in total. The van der Waals surface area contributed by atoms with Crippen molar-refractivity contribution in [1.29, 1.82) is 0 Å². The van der Waals surface area contributed by atoms with Crippen molar-refractivity contribution >= 4 is 29.1 Å². The van der Waals surface area contributed by atoms with Crippen molar-refractivity contribution in [1.82, 2.24) is 4.90 Å². The van der Waals surface area contributed by atoms with Crippen LogP contribution in [0, 0.1) is 5.92 Å². The normalized spacial score (nSPS) is 16.2. The van der Waals surface area contributed by atoms with Gasteiger partial charge in [-0.2, -0.15) is 0 Å². The number of carbonyl (C=O) groups excluding carboxylic acids is 1. The quantitative estimate of drug-likeness (QED) is 0.929. The van der Waals surface area contributed by atoms with Crippen molar-refractivity contribution < 1.29 is 9.90 Å². The van der Waals surface area contributed by atoms with Gasteiger partial charge in [-0.05, 0) is 35.6 Å². The summed E-state index contributed by atoms with van der Waals surface area (Å²) in [4.78, 5) is 14.0. The Morgan fingerprint density at radius 2 is 2.10 bits per heavy atom. The van der Waals surface area contributed by atoms with Crippen LogP contribution in [0.2, 0.25) is 10.0 Å². The fourth-order valence-corrected chi connectivity index (χ4v) is 3.00. The molecule has 20 heavy (non-hydrogen) atoms. The van der Waals surface area contributed by atoms with E-state index < -0.39 is 6.10 Å². The maximum atomic E-state index is 12.2. The molecule has 0 aromatic heterocycles. The molecule has 1 aromatic rings. The van der Waals surface area contributed by atoms with Gasteiger partial charge in [0.15, 0.2) is 0 Å². The Balaban J connectivity index is 2.09. The minimum atomic E-state index is -0.591. The Morgan fingerprint density at radius 1 is 1.40 bits per heavy atom. The molecule has 0 aliphatic carbocycles. The summed E-state index contributed by atoms with van der Waals surface area (Å²) < 4.78 is 0.